The van der Waals surface area contributed by atoms with Crippen molar-refractivity contribution in [2.75, 3.05) is 18.1 Å². The summed E-state index contributed by atoms with van der Waals surface area (Å²) >= 11 is 3.67. The van der Waals surface area contributed by atoms with E-state index in [9.17, 15) is 4.79 Å². The van der Waals surface area contributed by atoms with Crippen LogP contribution in [0, 0.1) is 0 Å². The van der Waals surface area contributed by atoms with Crippen LogP contribution < -0.4 is 0 Å². The molecule has 2 saturated heterocycles. The van der Waals surface area contributed by atoms with Crippen molar-refractivity contribution in [2.24, 2.45) is 0 Å². The zero-order chi connectivity index (χ0) is 13.5. The maximum atomic E-state index is 12.4. The molecule has 1 aromatic heterocycles. The standard InChI is InChI=1S/C15H16N2OS2/c18-15(17-7-11-5-10(17)8-19-11)9-20-14-6-16-13-4-2-1-3-12(13)14/h1-4,6,10-11,16H,5,7-9H2/t10-,11+/m0/s1. The van der Waals surface area contributed by atoms with E-state index in [2.05, 4.69) is 22.0 Å². The van der Waals surface area contributed by atoms with E-state index in [0.717, 1.165) is 17.8 Å². The monoisotopic (exact) mass is 304 g/mol. The van der Waals surface area contributed by atoms with Gasteiger partial charge in [-0.15, -0.1) is 11.8 Å². The summed E-state index contributed by atoms with van der Waals surface area (Å²) in [6, 6.07) is 8.74. The Morgan fingerprint density at radius 2 is 2.35 bits per heavy atom. The van der Waals surface area contributed by atoms with Crippen LogP contribution in [0.15, 0.2) is 35.4 Å². The maximum absolute atomic E-state index is 12.4. The zero-order valence-electron chi connectivity index (χ0n) is 11.0. The van der Waals surface area contributed by atoms with Crippen molar-refractivity contribution in [3.8, 4) is 0 Å². The molecule has 20 heavy (non-hydrogen) atoms. The summed E-state index contributed by atoms with van der Waals surface area (Å²) in [5.74, 6) is 1.98. The molecule has 3 heterocycles. The number of aromatic amines is 1. The highest BCUT2D eigenvalue weighted by molar-refractivity contribution is 8.00. The number of hydrogen-bond donors (Lipinski definition) is 1. The minimum absolute atomic E-state index is 0.299. The first kappa shape index (κ1) is 12.7. The maximum Gasteiger partial charge on any atom is 0.233 e. The van der Waals surface area contributed by atoms with Crippen LogP contribution in [-0.2, 0) is 4.79 Å². The lowest BCUT2D eigenvalue weighted by atomic mass is 10.2. The Labute approximate surface area is 126 Å². The Balaban J connectivity index is 1.44. The molecule has 0 saturated carbocycles. The molecule has 2 atom stereocenters. The number of carbonyl (C=O) groups excluding carboxylic acids is 1. The smallest absolute Gasteiger partial charge is 0.233 e. The number of hydrogen-bond acceptors (Lipinski definition) is 3. The minimum Gasteiger partial charge on any atom is -0.360 e. The highest BCUT2D eigenvalue weighted by Gasteiger charge is 2.40. The number of rotatable bonds is 3. The minimum atomic E-state index is 0.299. The summed E-state index contributed by atoms with van der Waals surface area (Å²) in [6.07, 6.45) is 3.21. The molecule has 1 N–H and O–H groups in total. The first-order valence-corrected chi connectivity index (χ1v) is 8.94. The fourth-order valence-electron chi connectivity index (χ4n) is 3.09. The summed E-state index contributed by atoms with van der Waals surface area (Å²) in [4.78, 5) is 18.9. The van der Waals surface area contributed by atoms with Crippen LogP contribution in [0.1, 0.15) is 6.42 Å². The third-order valence-corrected chi connectivity index (χ3v) is 6.55. The third kappa shape index (κ3) is 2.13. The molecule has 2 bridgehead atoms. The molecule has 5 heteroatoms. The first-order chi connectivity index (χ1) is 9.81. The van der Waals surface area contributed by atoms with Gasteiger partial charge in [-0.3, -0.25) is 4.79 Å². The number of amides is 1. The Bertz CT molecular complexity index is 654. The van der Waals surface area contributed by atoms with Crippen molar-refractivity contribution >= 4 is 40.3 Å². The molecule has 2 aromatic rings. The van der Waals surface area contributed by atoms with Crippen LogP contribution >= 0.6 is 23.5 Å². The van der Waals surface area contributed by atoms with Gasteiger partial charge in [0.05, 0.1) is 5.75 Å². The van der Waals surface area contributed by atoms with E-state index in [1.165, 1.54) is 16.7 Å². The molecule has 2 aliphatic heterocycles. The third-order valence-electron chi connectivity index (χ3n) is 4.12. The fraction of sp³-hybridized carbons (Fsp3) is 0.400. The quantitative estimate of drug-likeness (QED) is 0.886. The summed E-state index contributed by atoms with van der Waals surface area (Å²) in [7, 11) is 0. The summed E-state index contributed by atoms with van der Waals surface area (Å²) in [6.45, 7) is 0.961. The molecular formula is C15H16N2OS2. The molecule has 0 unspecified atom stereocenters. The predicted molar refractivity (Wildman–Crippen MR) is 85.4 cm³/mol. The molecule has 0 spiro atoms. The summed E-state index contributed by atoms with van der Waals surface area (Å²) < 4.78 is 0. The average molecular weight is 304 g/mol. The molecule has 4 rings (SSSR count). The van der Waals surface area contributed by atoms with E-state index in [-0.39, 0.29) is 0 Å². The topological polar surface area (TPSA) is 36.1 Å². The van der Waals surface area contributed by atoms with E-state index in [0.29, 0.717) is 23.0 Å². The summed E-state index contributed by atoms with van der Waals surface area (Å²) in [5, 5.41) is 1.91. The SMILES string of the molecule is O=C(CSc1c[nH]c2ccccc12)N1C[C@H]2C[C@H]1CS2. The van der Waals surface area contributed by atoms with Crippen molar-refractivity contribution in [2.45, 2.75) is 22.6 Å². The Hall–Kier alpha value is -1.07. The first-order valence-electron chi connectivity index (χ1n) is 6.91. The van der Waals surface area contributed by atoms with Gasteiger partial charge in [-0.25, -0.2) is 0 Å². The van der Waals surface area contributed by atoms with E-state index in [1.54, 1.807) is 11.8 Å². The Morgan fingerprint density at radius 3 is 3.15 bits per heavy atom. The van der Waals surface area contributed by atoms with E-state index >= 15 is 0 Å². The van der Waals surface area contributed by atoms with Crippen LogP contribution in [-0.4, -0.2) is 45.1 Å². The zero-order valence-corrected chi connectivity index (χ0v) is 12.7. The van der Waals surface area contributed by atoms with Crippen LogP contribution in [0.3, 0.4) is 0 Å². The summed E-state index contributed by atoms with van der Waals surface area (Å²) in [5.41, 5.74) is 1.14. The van der Waals surface area contributed by atoms with Crippen molar-refractivity contribution in [1.29, 1.82) is 0 Å². The molecule has 2 fully saturated rings. The van der Waals surface area contributed by atoms with E-state index in [4.69, 9.17) is 0 Å². The van der Waals surface area contributed by atoms with E-state index in [1.807, 2.05) is 30.1 Å². The molecular weight excluding hydrogens is 288 g/mol. The average Bonchev–Trinajstić information content (AvgIpc) is 3.19. The largest absolute Gasteiger partial charge is 0.360 e. The second kappa shape index (κ2) is 5.04. The van der Waals surface area contributed by atoms with Crippen LogP contribution in [0.25, 0.3) is 10.9 Å². The molecule has 1 amide bonds. The lowest BCUT2D eigenvalue weighted by Crippen LogP contribution is -2.40. The highest BCUT2D eigenvalue weighted by atomic mass is 32.2. The van der Waals surface area contributed by atoms with Gasteiger partial charge in [0.15, 0.2) is 0 Å². The van der Waals surface area contributed by atoms with Gasteiger partial charge < -0.3 is 9.88 Å². The number of thioether (sulfide) groups is 2. The van der Waals surface area contributed by atoms with Crippen LogP contribution in [0.4, 0.5) is 0 Å². The number of carbonyl (C=O) groups is 1. The number of nitrogens with zero attached hydrogens (tertiary/aromatic N) is 1. The van der Waals surface area contributed by atoms with Gasteiger partial charge in [-0.05, 0) is 12.5 Å². The van der Waals surface area contributed by atoms with Gasteiger partial charge in [0.25, 0.3) is 0 Å². The van der Waals surface area contributed by atoms with Gasteiger partial charge in [0, 0.05) is 45.6 Å². The number of fused-ring (bicyclic) bond motifs is 3. The lowest BCUT2D eigenvalue weighted by molar-refractivity contribution is -0.128. The Kier molecular flexibility index (Phi) is 3.19. The van der Waals surface area contributed by atoms with Crippen LogP contribution in [0.2, 0.25) is 0 Å². The van der Waals surface area contributed by atoms with Gasteiger partial charge in [-0.2, -0.15) is 11.8 Å². The lowest BCUT2D eigenvalue weighted by Gasteiger charge is -2.26. The van der Waals surface area contributed by atoms with Gasteiger partial charge in [0.1, 0.15) is 0 Å². The number of benzene rings is 1. The molecule has 3 nitrogen and oxygen atoms in total. The van der Waals surface area contributed by atoms with Crippen molar-refractivity contribution in [3.05, 3.63) is 30.5 Å². The van der Waals surface area contributed by atoms with Gasteiger partial charge in [-0.1, -0.05) is 18.2 Å². The van der Waals surface area contributed by atoms with Gasteiger partial charge >= 0.3 is 0 Å². The van der Waals surface area contributed by atoms with Crippen LogP contribution in [0.5, 0.6) is 0 Å². The van der Waals surface area contributed by atoms with Crippen molar-refractivity contribution < 1.29 is 4.79 Å². The van der Waals surface area contributed by atoms with Crippen molar-refractivity contribution in [1.82, 2.24) is 9.88 Å². The fourth-order valence-corrected chi connectivity index (χ4v) is 5.45. The number of nitrogens with one attached hydrogen (secondary N) is 1. The van der Waals surface area contributed by atoms with Crippen molar-refractivity contribution in [3.63, 3.8) is 0 Å². The molecule has 104 valence electrons. The van der Waals surface area contributed by atoms with E-state index < -0.39 is 0 Å². The molecule has 0 aliphatic carbocycles. The predicted octanol–water partition coefficient (Wildman–Crippen LogP) is 2.98. The molecule has 0 radical (unpaired) electrons. The number of para-hydroxylation sites is 1. The second-order valence-electron chi connectivity index (χ2n) is 5.38. The number of H-pyrrole nitrogens is 1. The number of likely N-dealkylation sites (tertiary alicyclic amines) is 1. The number of aromatic nitrogens is 1. The second-order valence-corrected chi connectivity index (χ2v) is 7.73. The molecule has 2 aliphatic rings. The Morgan fingerprint density at radius 1 is 1.45 bits per heavy atom. The van der Waals surface area contributed by atoms with Gasteiger partial charge in [0.2, 0.25) is 5.91 Å². The normalized spacial score (nSPS) is 24.7. The highest BCUT2D eigenvalue weighted by Crippen LogP contribution is 2.38. The molecule has 1 aromatic carbocycles.